The topological polar surface area (TPSA) is 197 Å². The third-order valence-corrected chi connectivity index (χ3v) is 20.7. The number of benzene rings is 4. The highest BCUT2D eigenvalue weighted by molar-refractivity contribution is 7.91. The van der Waals surface area contributed by atoms with E-state index in [1.807, 2.05) is 24.3 Å². The number of aromatic nitrogens is 4. The van der Waals surface area contributed by atoms with E-state index in [4.69, 9.17) is 18.5 Å². The molecule has 14 nitrogen and oxygen atoms in total. The van der Waals surface area contributed by atoms with Crippen LogP contribution >= 0.6 is 22.7 Å². The fourth-order valence-corrected chi connectivity index (χ4v) is 14.8. The van der Waals surface area contributed by atoms with Gasteiger partial charge < -0.3 is 23.6 Å². The second kappa shape index (κ2) is 21.7. The lowest BCUT2D eigenvalue weighted by Crippen LogP contribution is -2.38. The summed E-state index contributed by atoms with van der Waals surface area (Å²) in [5.74, 6) is 0.399. The highest BCUT2D eigenvalue weighted by atomic mass is 32.2. The van der Waals surface area contributed by atoms with Gasteiger partial charge in [-0.25, -0.2) is 36.7 Å². The number of carbonyl (C=O) groups is 2. The average molecular weight is 1130 g/mol. The Morgan fingerprint density at radius 3 is 1.58 bits per heavy atom. The van der Waals surface area contributed by atoms with Gasteiger partial charge in [-0.05, 0) is 145 Å². The molecule has 0 spiro atoms. The number of carboxylic acid groups (broad SMARTS) is 1. The van der Waals surface area contributed by atoms with E-state index in [0.29, 0.717) is 65.5 Å². The van der Waals surface area contributed by atoms with Gasteiger partial charge in [0, 0.05) is 52.5 Å². The second-order valence-corrected chi connectivity index (χ2v) is 27.0. The van der Waals surface area contributed by atoms with E-state index in [-0.39, 0.29) is 34.4 Å². The van der Waals surface area contributed by atoms with Crippen molar-refractivity contribution in [2.75, 3.05) is 0 Å². The molecule has 0 radical (unpaired) electrons. The number of aromatic carboxylic acids is 1. The number of nitrogens with zero attached hydrogens (tertiary/aromatic N) is 4. The van der Waals surface area contributed by atoms with Gasteiger partial charge in [-0.2, -0.15) is 0 Å². The summed E-state index contributed by atoms with van der Waals surface area (Å²) in [7, 11) is -3.81. The van der Waals surface area contributed by atoms with Gasteiger partial charge in [0.05, 0.1) is 55.1 Å². The van der Waals surface area contributed by atoms with Gasteiger partial charge >= 0.3 is 5.97 Å². The van der Waals surface area contributed by atoms with Crippen LogP contribution in [-0.2, 0) is 45.6 Å². The van der Waals surface area contributed by atoms with Crippen LogP contribution in [0.4, 0.5) is 8.78 Å². The van der Waals surface area contributed by atoms with Crippen molar-refractivity contribution in [1.82, 2.24) is 25.0 Å². The number of rotatable bonds is 18. The first-order valence-corrected chi connectivity index (χ1v) is 30.5. The average Bonchev–Trinajstić information content (AvgIpc) is 4.48. The molecule has 5 aliphatic carbocycles. The van der Waals surface area contributed by atoms with Crippen LogP contribution in [0.3, 0.4) is 0 Å². The first kappa shape index (κ1) is 53.4. The fourth-order valence-electron chi connectivity index (χ4n) is 11.2. The van der Waals surface area contributed by atoms with Gasteiger partial charge in [0.25, 0.3) is 5.91 Å². The molecule has 5 saturated carbocycles. The number of ether oxygens (including phenoxy) is 2. The first-order chi connectivity index (χ1) is 38.1. The number of sulfonamides is 1. The van der Waals surface area contributed by atoms with Crippen molar-refractivity contribution in [1.29, 1.82) is 0 Å². The largest absolute Gasteiger partial charge is 0.478 e. The van der Waals surface area contributed by atoms with Crippen LogP contribution in [0.15, 0.2) is 81.8 Å². The molecule has 4 atom stereocenters. The minimum atomic E-state index is -3.81. The maximum atomic E-state index is 15.0. The van der Waals surface area contributed by atoms with Crippen LogP contribution in [0.5, 0.6) is 0 Å². The number of carbonyl (C=O) groups excluding carboxylic acids is 1. The van der Waals surface area contributed by atoms with Crippen molar-refractivity contribution in [3.63, 3.8) is 0 Å². The number of fused-ring (bicyclic) bond motifs is 2. The molecule has 1 amide bonds. The summed E-state index contributed by atoms with van der Waals surface area (Å²) in [6, 6.07) is 21.6. The Morgan fingerprint density at radius 1 is 0.684 bits per heavy atom. The summed E-state index contributed by atoms with van der Waals surface area (Å²) >= 11 is 2.73. The number of nitrogens with one attached hydrogen (secondary N) is 1. The van der Waals surface area contributed by atoms with Crippen LogP contribution in [0.1, 0.15) is 160 Å². The van der Waals surface area contributed by atoms with Gasteiger partial charge in [0.2, 0.25) is 10.0 Å². The second-order valence-electron chi connectivity index (χ2n) is 22.6. The van der Waals surface area contributed by atoms with Crippen LogP contribution in [-0.4, -0.2) is 62.6 Å². The molecule has 5 fully saturated rings. The van der Waals surface area contributed by atoms with Gasteiger partial charge in [-0.1, -0.05) is 58.8 Å². The molecule has 0 bridgehead atoms. The zero-order chi connectivity index (χ0) is 54.7. The summed E-state index contributed by atoms with van der Waals surface area (Å²) in [5, 5.41) is 19.7. The van der Waals surface area contributed by atoms with E-state index in [1.165, 1.54) is 34.8 Å². The molecular weight excluding hydrogens is 1070 g/mol. The van der Waals surface area contributed by atoms with Crippen molar-refractivity contribution in [2.24, 2.45) is 11.8 Å². The molecule has 5 aliphatic rings. The Bertz CT molecular complexity index is 3740. The van der Waals surface area contributed by atoms with E-state index in [9.17, 15) is 31.9 Å². The van der Waals surface area contributed by atoms with Gasteiger partial charge in [-0.15, -0.1) is 22.7 Å². The summed E-state index contributed by atoms with van der Waals surface area (Å²) in [6.45, 7) is 6.71. The van der Waals surface area contributed by atoms with Gasteiger partial charge in [-0.3, -0.25) is 4.79 Å². The van der Waals surface area contributed by atoms with E-state index in [2.05, 4.69) is 63.1 Å². The molecule has 0 saturated heterocycles. The minimum absolute atomic E-state index is 0.0216. The molecule has 19 heteroatoms. The summed E-state index contributed by atoms with van der Waals surface area (Å²) in [4.78, 5) is 32.9. The molecule has 2 N–H and O–H groups in total. The number of carboxylic acids is 1. The van der Waals surface area contributed by atoms with Gasteiger partial charge in [0.15, 0.2) is 11.6 Å². The van der Waals surface area contributed by atoms with Crippen LogP contribution in [0.2, 0.25) is 0 Å². The Kier molecular flexibility index (Phi) is 14.6. The molecular formula is C60H61F2N5O9S3. The van der Waals surface area contributed by atoms with Crippen molar-refractivity contribution in [3.8, 4) is 22.5 Å². The Morgan fingerprint density at radius 2 is 1.14 bits per heavy atom. The molecule has 412 valence electrons. The van der Waals surface area contributed by atoms with Crippen LogP contribution in [0, 0.1) is 37.3 Å². The minimum Gasteiger partial charge on any atom is -0.478 e. The zero-order valence-electron chi connectivity index (χ0n) is 44.2. The predicted molar refractivity (Wildman–Crippen MR) is 297 cm³/mol. The highest BCUT2D eigenvalue weighted by Gasteiger charge is 2.51. The van der Waals surface area contributed by atoms with E-state index < -0.39 is 38.3 Å². The van der Waals surface area contributed by atoms with Crippen LogP contribution < -0.4 is 4.72 Å². The van der Waals surface area contributed by atoms with Crippen molar-refractivity contribution in [2.45, 2.75) is 153 Å². The summed E-state index contributed by atoms with van der Waals surface area (Å²) in [6.07, 6.45) is 12.9. The maximum Gasteiger partial charge on any atom is 0.335 e. The Labute approximate surface area is 464 Å². The summed E-state index contributed by atoms with van der Waals surface area (Å²) < 4.78 is 81.1. The lowest BCUT2D eigenvalue weighted by molar-refractivity contribution is 0.0422. The lowest BCUT2D eigenvalue weighted by atomic mass is 10.0. The number of hydrogen-bond donors (Lipinski definition) is 2. The Balaban J connectivity index is 0.000000160. The smallest absolute Gasteiger partial charge is 0.335 e. The van der Waals surface area contributed by atoms with Gasteiger partial charge in [0.1, 0.15) is 33.9 Å². The third kappa shape index (κ3) is 11.4. The van der Waals surface area contributed by atoms with Crippen LogP contribution in [0.25, 0.3) is 42.9 Å². The van der Waals surface area contributed by atoms with E-state index in [0.717, 1.165) is 149 Å². The number of thiazole rings is 2. The molecule has 4 aromatic carbocycles. The van der Waals surface area contributed by atoms with Crippen molar-refractivity contribution < 1.29 is 50.4 Å². The lowest BCUT2D eigenvalue weighted by Gasteiger charge is -2.13. The molecule has 79 heavy (non-hydrogen) atoms. The summed E-state index contributed by atoms with van der Waals surface area (Å²) in [5.41, 5.74) is 8.77. The number of amides is 1. The predicted octanol–water partition coefficient (Wildman–Crippen LogP) is 13.7. The number of halogens is 2. The molecule has 8 aromatic rings. The standard InChI is InChI=1S/C32H34FN3O5S2.C28H27FN2O4S/c1-18-5-3-4-6-23(18)28-24(30(41-35-28)20-8-9-20)17-40-22-10-7-19(13-22)14-27-34-29-25(33)15-21(16-26(29)42-27)31(37)36-43(38,39)32(2)11-12-32;1-15-4-2-3-5-20(15)25-21(27(35-31-25)17-7-8-17)14-34-19-9-6-16(10-19)11-24-30-26-22(29)12-18(28(32)33)13-23(26)36-24/h3-6,15-16,19-20,22H,7-14,17H2,1-2H3,(H,36,37);2-5,12-13,16-17,19H,6-11,14H2,1H3,(H,32,33)/t19-,22+;16-,19+/m11/s1. The molecule has 0 aliphatic heterocycles. The van der Waals surface area contributed by atoms with E-state index >= 15 is 0 Å². The van der Waals surface area contributed by atoms with Crippen molar-refractivity contribution >= 4 is 65.0 Å². The van der Waals surface area contributed by atoms with Crippen molar-refractivity contribution in [3.05, 3.63) is 139 Å². The quantitative estimate of drug-likeness (QED) is 0.0824. The Hall–Kier alpha value is -6.25. The first-order valence-electron chi connectivity index (χ1n) is 27.4. The number of hydrogen-bond acceptors (Lipinski definition) is 14. The third-order valence-electron chi connectivity index (χ3n) is 16.5. The highest BCUT2D eigenvalue weighted by Crippen LogP contribution is 2.47. The number of aryl methyl sites for hydroxylation is 2. The SMILES string of the molecule is Cc1ccccc1-c1noc(C2CC2)c1CO[C@H]1CC[C@@H](Cc2nc3c(F)cc(C(=O)NS(=O)(=O)C4(C)CC4)cc3s2)C1.Cc1ccccc1-c1noc(C2CC2)c1CO[C@H]1CC[C@@H](Cc2nc3c(F)cc(C(=O)O)cc3s2)C1. The maximum absolute atomic E-state index is 15.0. The fraction of sp³-hybridized carbons (Fsp3) is 0.433. The molecule has 0 unspecified atom stereocenters. The molecule has 13 rings (SSSR count). The normalized spacial score (nSPS) is 20.7. The molecule has 4 heterocycles. The molecule has 4 aromatic heterocycles. The van der Waals surface area contributed by atoms with E-state index in [1.54, 1.807) is 6.92 Å². The zero-order valence-corrected chi connectivity index (χ0v) is 46.6. The monoisotopic (exact) mass is 1130 g/mol.